The summed E-state index contributed by atoms with van der Waals surface area (Å²) < 4.78 is 0. The van der Waals surface area contributed by atoms with Crippen LogP contribution in [0.4, 0.5) is 11.4 Å². The molecule has 5 aliphatic rings. The highest BCUT2D eigenvalue weighted by atomic mass is 35.5. The number of fused-ring (bicyclic) bond motifs is 2. The van der Waals surface area contributed by atoms with E-state index in [1.54, 1.807) is 12.1 Å². The molecule has 0 radical (unpaired) electrons. The Hall–Kier alpha value is -5.25. The molecule has 12 nitrogen and oxygen atoms in total. The lowest BCUT2D eigenvalue weighted by Crippen LogP contribution is -2.75. The zero-order chi connectivity index (χ0) is 39.7. The van der Waals surface area contributed by atoms with E-state index in [4.69, 9.17) is 11.6 Å². The van der Waals surface area contributed by atoms with E-state index >= 15 is 0 Å². The molecule has 1 saturated carbocycles. The monoisotopic (exact) mass is 775 g/mol. The molecule has 290 valence electrons. The van der Waals surface area contributed by atoms with Gasteiger partial charge in [0.1, 0.15) is 12.1 Å². The van der Waals surface area contributed by atoms with E-state index in [0.29, 0.717) is 46.3 Å². The average Bonchev–Trinajstić information content (AvgIpc) is 3.67. The van der Waals surface area contributed by atoms with Crippen LogP contribution in [0.1, 0.15) is 101 Å². The summed E-state index contributed by atoms with van der Waals surface area (Å²) in [5.74, 6) is -1.53. The maximum absolute atomic E-state index is 13.5. The fourth-order valence-electron chi connectivity index (χ4n) is 10.1. The molecule has 5 amide bonds. The van der Waals surface area contributed by atoms with Crippen molar-refractivity contribution in [2.75, 3.05) is 29.9 Å². The van der Waals surface area contributed by atoms with Gasteiger partial charge in [0.25, 0.3) is 17.7 Å². The Kier molecular flexibility index (Phi) is 9.45. The van der Waals surface area contributed by atoms with Gasteiger partial charge in [-0.2, -0.15) is 5.26 Å². The van der Waals surface area contributed by atoms with Crippen LogP contribution in [0.25, 0.3) is 0 Å². The van der Waals surface area contributed by atoms with Gasteiger partial charge in [-0.25, -0.2) is 0 Å². The molecule has 0 bridgehead atoms. The number of nitriles is 1. The van der Waals surface area contributed by atoms with E-state index in [0.717, 1.165) is 59.9 Å². The van der Waals surface area contributed by atoms with Crippen LogP contribution in [-0.4, -0.2) is 77.1 Å². The number of rotatable bonds is 8. The largest absolute Gasteiger partial charge is 0.381 e. The van der Waals surface area contributed by atoms with Crippen molar-refractivity contribution in [3.05, 3.63) is 93.0 Å². The lowest BCUT2D eigenvalue weighted by atomic mass is 9.48. The van der Waals surface area contributed by atoms with Gasteiger partial charge in [0.2, 0.25) is 11.8 Å². The molecule has 3 aromatic carbocycles. The molecule has 56 heavy (non-hydrogen) atoms. The fourth-order valence-corrected chi connectivity index (χ4v) is 10.3. The first-order chi connectivity index (χ1) is 26.6. The SMILES string of the molecule is CC1(C)C(NC(=O)c2ccc(N3CCC(CN4Cc5cc6c(cc5C4)C(=O)N(C4CCC(=O)NC4=O)C6=O)CC3)cc2)C(C)(C)C1Nc1ccc(C#N)c(Cl)c1. The number of halogens is 1. The number of hydrogen-bond acceptors (Lipinski definition) is 9. The molecule has 13 heteroatoms. The first-order valence-corrected chi connectivity index (χ1v) is 19.7. The van der Waals surface area contributed by atoms with Gasteiger partial charge in [-0.05, 0) is 90.9 Å². The quantitative estimate of drug-likeness (QED) is 0.252. The number of amides is 5. The van der Waals surface area contributed by atoms with Crippen LogP contribution >= 0.6 is 11.6 Å². The summed E-state index contributed by atoms with van der Waals surface area (Å²) in [5.41, 5.74) is 5.23. The highest BCUT2D eigenvalue weighted by Gasteiger charge is 2.62. The molecule has 1 aliphatic carbocycles. The van der Waals surface area contributed by atoms with Crippen LogP contribution < -0.4 is 20.9 Å². The zero-order valence-corrected chi connectivity index (χ0v) is 32.8. The maximum atomic E-state index is 13.5. The normalized spacial score (nSPS) is 24.2. The number of imide groups is 2. The van der Waals surface area contributed by atoms with Gasteiger partial charge in [0.15, 0.2) is 0 Å². The van der Waals surface area contributed by atoms with E-state index in [2.05, 4.69) is 59.5 Å². The number of anilines is 2. The minimum absolute atomic E-state index is 0.0624. The molecule has 4 heterocycles. The molecule has 4 aliphatic heterocycles. The minimum Gasteiger partial charge on any atom is -0.381 e. The van der Waals surface area contributed by atoms with Crippen LogP contribution in [0.2, 0.25) is 5.02 Å². The van der Waals surface area contributed by atoms with Gasteiger partial charge in [-0.3, -0.25) is 39.1 Å². The number of piperidine rings is 2. The number of carbonyl (C=O) groups is 5. The summed E-state index contributed by atoms with van der Waals surface area (Å²) in [6.07, 6.45) is 2.29. The van der Waals surface area contributed by atoms with E-state index < -0.39 is 23.8 Å². The van der Waals surface area contributed by atoms with Crippen molar-refractivity contribution >= 4 is 52.5 Å². The Morgan fingerprint density at radius 3 is 2.07 bits per heavy atom. The molecule has 3 N–H and O–H groups in total. The van der Waals surface area contributed by atoms with Crippen molar-refractivity contribution in [1.29, 1.82) is 5.26 Å². The molecular formula is C43H46ClN7O5. The zero-order valence-electron chi connectivity index (χ0n) is 32.1. The molecule has 2 saturated heterocycles. The smallest absolute Gasteiger partial charge is 0.262 e. The van der Waals surface area contributed by atoms with E-state index in [-0.39, 0.29) is 47.6 Å². The molecule has 3 fully saturated rings. The van der Waals surface area contributed by atoms with Crippen molar-refractivity contribution in [2.45, 2.75) is 84.6 Å². The van der Waals surface area contributed by atoms with Gasteiger partial charge < -0.3 is 15.5 Å². The Labute approximate surface area is 331 Å². The van der Waals surface area contributed by atoms with Crippen LogP contribution in [0.15, 0.2) is 54.6 Å². The van der Waals surface area contributed by atoms with Crippen LogP contribution in [-0.2, 0) is 22.7 Å². The first-order valence-electron chi connectivity index (χ1n) is 19.4. The summed E-state index contributed by atoms with van der Waals surface area (Å²) in [4.78, 5) is 70.0. The lowest BCUT2D eigenvalue weighted by Gasteiger charge is -2.64. The van der Waals surface area contributed by atoms with Gasteiger partial charge in [0, 0.05) is 79.0 Å². The molecule has 8 rings (SSSR count). The highest BCUT2D eigenvalue weighted by Crippen LogP contribution is 2.55. The maximum Gasteiger partial charge on any atom is 0.262 e. The van der Waals surface area contributed by atoms with Crippen molar-refractivity contribution in [3.63, 3.8) is 0 Å². The molecule has 0 aromatic heterocycles. The van der Waals surface area contributed by atoms with E-state index in [9.17, 15) is 29.2 Å². The highest BCUT2D eigenvalue weighted by molar-refractivity contribution is 6.32. The third-order valence-corrected chi connectivity index (χ3v) is 13.1. The summed E-state index contributed by atoms with van der Waals surface area (Å²) in [6.45, 7) is 12.7. The van der Waals surface area contributed by atoms with Crippen LogP contribution in [0.5, 0.6) is 0 Å². The van der Waals surface area contributed by atoms with Gasteiger partial charge in [-0.15, -0.1) is 0 Å². The number of nitrogens with zero attached hydrogens (tertiary/aromatic N) is 4. The topological polar surface area (TPSA) is 155 Å². The summed E-state index contributed by atoms with van der Waals surface area (Å²) in [5, 5.41) is 18.8. The third-order valence-electron chi connectivity index (χ3n) is 12.8. The second kappa shape index (κ2) is 14.0. The molecular weight excluding hydrogens is 730 g/mol. The van der Waals surface area contributed by atoms with E-state index in [1.807, 2.05) is 42.5 Å². The second-order valence-electron chi connectivity index (χ2n) is 17.2. The number of hydrogen-bond donors (Lipinski definition) is 3. The van der Waals surface area contributed by atoms with E-state index in [1.165, 1.54) is 0 Å². The predicted octanol–water partition coefficient (Wildman–Crippen LogP) is 5.49. The first kappa shape index (κ1) is 37.7. The van der Waals surface area contributed by atoms with Crippen molar-refractivity contribution in [2.24, 2.45) is 16.7 Å². The summed E-state index contributed by atoms with van der Waals surface area (Å²) >= 11 is 6.29. The lowest BCUT2D eigenvalue weighted by molar-refractivity contribution is -0.136. The van der Waals surface area contributed by atoms with Crippen molar-refractivity contribution < 1.29 is 24.0 Å². The Balaban J connectivity index is 0.822. The van der Waals surface area contributed by atoms with Crippen LogP contribution in [0.3, 0.4) is 0 Å². The van der Waals surface area contributed by atoms with Gasteiger partial charge in [-0.1, -0.05) is 39.3 Å². The molecule has 0 spiro atoms. The second-order valence-corrected chi connectivity index (χ2v) is 17.6. The Bertz CT molecular complexity index is 2140. The number of benzene rings is 3. The number of nitrogens with one attached hydrogen (secondary N) is 3. The third kappa shape index (κ3) is 6.50. The van der Waals surface area contributed by atoms with Crippen molar-refractivity contribution in [3.8, 4) is 6.07 Å². The summed E-state index contributed by atoms with van der Waals surface area (Å²) in [6, 6.07) is 18.0. The summed E-state index contributed by atoms with van der Waals surface area (Å²) in [7, 11) is 0. The Morgan fingerprint density at radius 2 is 1.50 bits per heavy atom. The average molecular weight is 776 g/mol. The van der Waals surface area contributed by atoms with Gasteiger partial charge in [0.05, 0.1) is 21.7 Å². The molecule has 1 atom stereocenters. The number of carbonyl (C=O) groups excluding carboxylic acids is 5. The van der Waals surface area contributed by atoms with Crippen LogP contribution in [0, 0.1) is 28.1 Å². The molecule has 1 unspecified atom stereocenters. The predicted molar refractivity (Wildman–Crippen MR) is 211 cm³/mol. The molecule has 3 aromatic rings. The minimum atomic E-state index is -0.965. The Morgan fingerprint density at radius 1 is 0.875 bits per heavy atom. The van der Waals surface area contributed by atoms with Crippen molar-refractivity contribution in [1.82, 2.24) is 20.4 Å². The standard InChI is InChI=1S/C43H46ClN7O5/c1-42(2)40(46-29-8-5-26(20-45)33(44)19-29)43(3,4)41(42)48-36(53)25-6-9-30(10-7-25)50-15-13-24(14-16-50)21-49-22-27-17-31-32(18-28(27)23-49)39(56)51(38(31)55)34-11-12-35(52)47-37(34)54/h5-10,17-19,24,34,40-41,46H,11-16,21-23H2,1-4H3,(H,48,53)(H,47,52,54). The van der Waals surface area contributed by atoms with Gasteiger partial charge >= 0.3 is 0 Å². The fraction of sp³-hybridized carbons (Fsp3) is 0.442.